The van der Waals surface area contributed by atoms with Crippen LogP contribution in [0.25, 0.3) is 0 Å². The third kappa shape index (κ3) is 1.73. The van der Waals surface area contributed by atoms with Gasteiger partial charge in [0.15, 0.2) is 5.71 Å². The van der Waals surface area contributed by atoms with Crippen molar-refractivity contribution in [1.82, 2.24) is 0 Å². The molecule has 0 heterocycles. The Balaban J connectivity index is 4.30. The molecule has 0 aliphatic rings. The molecule has 0 atom stereocenters. The molecule has 0 aromatic rings. The molecule has 0 aliphatic carbocycles. The van der Waals surface area contributed by atoms with E-state index in [4.69, 9.17) is 0 Å². The Morgan fingerprint density at radius 3 is 1.62 bits per heavy atom. The summed E-state index contributed by atoms with van der Waals surface area (Å²) >= 11 is 0. The lowest BCUT2D eigenvalue weighted by Gasteiger charge is -1.86. The molecule has 0 fully saturated rings. The highest BCUT2D eigenvalue weighted by atomic mass is 14.9. The second-order valence-corrected chi connectivity index (χ2v) is 1.73. The lowest BCUT2D eigenvalue weighted by atomic mass is 10.3. The zero-order valence-electron chi connectivity index (χ0n) is 5.52. The number of rotatable bonds is 2. The van der Waals surface area contributed by atoms with Crippen LogP contribution in [0.5, 0.6) is 0 Å². The predicted molar refractivity (Wildman–Crippen MR) is 37.5 cm³/mol. The van der Waals surface area contributed by atoms with Gasteiger partial charge in [-0.15, -0.1) is 0 Å². The highest BCUT2D eigenvalue weighted by Gasteiger charge is 1.91. The molecule has 0 rings (SSSR count). The summed E-state index contributed by atoms with van der Waals surface area (Å²) in [5, 5.41) is 0. The molecular formula is C7H12N+. The van der Waals surface area contributed by atoms with Crippen LogP contribution in [-0.4, -0.2) is 24.4 Å². The average molecular weight is 110 g/mol. The molecule has 44 valence electrons. The highest BCUT2D eigenvalue weighted by Crippen LogP contribution is 1.75. The second-order valence-electron chi connectivity index (χ2n) is 1.73. The Morgan fingerprint density at radius 1 is 1.25 bits per heavy atom. The maximum atomic E-state index is 3.60. The maximum Gasteiger partial charge on any atom is 0.198 e. The van der Waals surface area contributed by atoms with Crippen LogP contribution in [0.15, 0.2) is 25.3 Å². The van der Waals surface area contributed by atoms with Crippen molar-refractivity contribution in [3.63, 3.8) is 0 Å². The minimum Gasteiger partial charge on any atom is -0.235 e. The zero-order valence-corrected chi connectivity index (χ0v) is 5.52. The van der Waals surface area contributed by atoms with Crippen molar-refractivity contribution in [2.45, 2.75) is 0 Å². The Bertz CT molecular complexity index is 117. The molecule has 0 aromatic carbocycles. The van der Waals surface area contributed by atoms with Gasteiger partial charge < -0.3 is 0 Å². The standard InChI is InChI=1S/C7H12N/c1-5-7(6-2)8(3)4/h5-6H,1-2H2,3-4H3/q+1. The normalized spacial score (nSPS) is 7.75. The fraction of sp³-hybridized carbons (Fsp3) is 0.286. The van der Waals surface area contributed by atoms with E-state index in [9.17, 15) is 0 Å². The lowest BCUT2D eigenvalue weighted by Crippen LogP contribution is -2.06. The summed E-state index contributed by atoms with van der Waals surface area (Å²) in [6, 6.07) is 0. The monoisotopic (exact) mass is 110 g/mol. The van der Waals surface area contributed by atoms with Crippen LogP contribution >= 0.6 is 0 Å². The maximum absolute atomic E-state index is 3.60. The van der Waals surface area contributed by atoms with E-state index < -0.39 is 0 Å². The molecule has 0 N–H and O–H groups in total. The van der Waals surface area contributed by atoms with Crippen molar-refractivity contribution < 1.29 is 4.58 Å². The van der Waals surface area contributed by atoms with Crippen molar-refractivity contribution in [2.24, 2.45) is 0 Å². The first-order chi connectivity index (χ1) is 3.72. The Morgan fingerprint density at radius 2 is 1.62 bits per heavy atom. The first-order valence-corrected chi connectivity index (χ1v) is 2.51. The fourth-order valence-electron chi connectivity index (χ4n) is 0.448. The molecule has 0 radical (unpaired) electrons. The summed E-state index contributed by atoms with van der Waals surface area (Å²) in [7, 11) is 3.91. The summed E-state index contributed by atoms with van der Waals surface area (Å²) in [6.45, 7) is 7.21. The van der Waals surface area contributed by atoms with Gasteiger partial charge in [-0.1, -0.05) is 13.2 Å². The molecule has 1 heteroatoms. The average Bonchev–Trinajstić information content (AvgIpc) is 1.69. The third-order valence-electron chi connectivity index (χ3n) is 0.935. The van der Waals surface area contributed by atoms with Gasteiger partial charge in [-0.3, -0.25) is 0 Å². The summed E-state index contributed by atoms with van der Waals surface area (Å²) in [6.07, 6.45) is 3.54. The van der Waals surface area contributed by atoms with Gasteiger partial charge in [0.05, 0.1) is 0 Å². The molecule has 0 aromatic heterocycles. The van der Waals surface area contributed by atoms with Gasteiger partial charge in [0.25, 0.3) is 0 Å². The summed E-state index contributed by atoms with van der Waals surface area (Å²) in [5.41, 5.74) is 1.05. The van der Waals surface area contributed by atoms with E-state index in [1.165, 1.54) is 0 Å². The number of allylic oxidation sites excluding steroid dienone is 2. The van der Waals surface area contributed by atoms with Crippen LogP contribution in [0.4, 0.5) is 0 Å². The van der Waals surface area contributed by atoms with E-state index in [2.05, 4.69) is 13.2 Å². The van der Waals surface area contributed by atoms with Gasteiger partial charge in [-0.25, -0.2) is 4.58 Å². The molecule has 0 aliphatic heterocycles. The minimum atomic E-state index is 1.05. The van der Waals surface area contributed by atoms with E-state index in [1.54, 1.807) is 12.2 Å². The van der Waals surface area contributed by atoms with Gasteiger partial charge in [-0.05, 0) is 0 Å². The molecule has 0 bridgehead atoms. The number of hydrogen-bond donors (Lipinski definition) is 0. The van der Waals surface area contributed by atoms with Gasteiger partial charge in [-0.2, -0.15) is 0 Å². The Labute approximate surface area is 50.7 Å². The first-order valence-electron chi connectivity index (χ1n) is 2.51. The SMILES string of the molecule is C=CC(C=C)=[N+](C)C. The molecule has 0 unspecified atom stereocenters. The van der Waals surface area contributed by atoms with Crippen LogP contribution in [0.1, 0.15) is 0 Å². The van der Waals surface area contributed by atoms with Gasteiger partial charge in [0, 0.05) is 12.2 Å². The molecule has 0 spiro atoms. The molecule has 0 saturated carbocycles. The van der Waals surface area contributed by atoms with E-state index in [1.807, 2.05) is 18.7 Å². The van der Waals surface area contributed by atoms with Gasteiger partial charge in [0.1, 0.15) is 14.1 Å². The fourth-order valence-corrected chi connectivity index (χ4v) is 0.448. The summed E-state index contributed by atoms with van der Waals surface area (Å²) in [4.78, 5) is 0. The zero-order chi connectivity index (χ0) is 6.57. The number of nitrogens with zero attached hydrogens (tertiary/aromatic N) is 1. The first kappa shape index (κ1) is 7.15. The van der Waals surface area contributed by atoms with Crippen molar-refractivity contribution in [2.75, 3.05) is 14.1 Å². The Hall–Kier alpha value is -0.850. The van der Waals surface area contributed by atoms with Gasteiger partial charge in [0.2, 0.25) is 0 Å². The number of hydrogen-bond acceptors (Lipinski definition) is 0. The van der Waals surface area contributed by atoms with Crippen LogP contribution < -0.4 is 0 Å². The third-order valence-corrected chi connectivity index (χ3v) is 0.935. The summed E-state index contributed by atoms with van der Waals surface area (Å²) < 4.78 is 1.96. The summed E-state index contributed by atoms with van der Waals surface area (Å²) in [5.74, 6) is 0. The van der Waals surface area contributed by atoms with Gasteiger partial charge >= 0.3 is 0 Å². The van der Waals surface area contributed by atoms with Crippen LogP contribution in [0, 0.1) is 0 Å². The molecule has 0 amide bonds. The topological polar surface area (TPSA) is 3.01 Å². The molecule has 0 saturated heterocycles. The van der Waals surface area contributed by atoms with E-state index in [0.29, 0.717) is 0 Å². The van der Waals surface area contributed by atoms with Crippen molar-refractivity contribution in [1.29, 1.82) is 0 Å². The molecular weight excluding hydrogens is 98.1 g/mol. The second kappa shape index (κ2) is 3.19. The van der Waals surface area contributed by atoms with Crippen molar-refractivity contribution in [3.05, 3.63) is 25.3 Å². The smallest absolute Gasteiger partial charge is 0.198 e. The van der Waals surface area contributed by atoms with Crippen molar-refractivity contribution in [3.8, 4) is 0 Å². The Kier molecular flexibility index (Phi) is 2.85. The van der Waals surface area contributed by atoms with E-state index in [0.717, 1.165) is 5.71 Å². The largest absolute Gasteiger partial charge is 0.235 e. The molecule has 1 nitrogen and oxygen atoms in total. The van der Waals surface area contributed by atoms with Crippen molar-refractivity contribution >= 4 is 5.71 Å². The van der Waals surface area contributed by atoms with Crippen LogP contribution in [0.2, 0.25) is 0 Å². The molecule has 8 heavy (non-hydrogen) atoms. The van der Waals surface area contributed by atoms with Crippen LogP contribution in [0.3, 0.4) is 0 Å². The minimum absolute atomic E-state index is 1.05. The predicted octanol–water partition coefficient (Wildman–Crippen LogP) is 1.07. The highest BCUT2D eigenvalue weighted by molar-refractivity contribution is 5.99. The van der Waals surface area contributed by atoms with E-state index >= 15 is 0 Å². The quantitative estimate of drug-likeness (QED) is 0.369. The lowest BCUT2D eigenvalue weighted by molar-refractivity contribution is -0.462. The van der Waals surface area contributed by atoms with Crippen LogP contribution in [-0.2, 0) is 0 Å². The van der Waals surface area contributed by atoms with E-state index in [-0.39, 0.29) is 0 Å².